The molecule has 100 valence electrons. The molecule has 5 heteroatoms. The van der Waals surface area contributed by atoms with Crippen LogP contribution in [0.3, 0.4) is 0 Å². The van der Waals surface area contributed by atoms with Crippen LogP contribution in [0.25, 0.3) is 5.69 Å². The van der Waals surface area contributed by atoms with Gasteiger partial charge in [0.1, 0.15) is 11.9 Å². The van der Waals surface area contributed by atoms with Crippen molar-refractivity contribution >= 4 is 5.97 Å². The van der Waals surface area contributed by atoms with Gasteiger partial charge in [-0.05, 0) is 31.0 Å². The number of methoxy groups -OCH3 is 1. The normalized spacial score (nSPS) is 12.2. The van der Waals surface area contributed by atoms with E-state index in [-0.39, 0.29) is 0 Å². The van der Waals surface area contributed by atoms with Crippen molar-refractivity contribution in [1.29, 1.82) is 0 Å². The molecule has 0 aliphatic rings. The molecule has 1 aromatic heterocycles. The number of esters is 1. The fourth-order valence-corrected chi connectivity index (χ4v) is 1.93. The van der Waals surface area contributed by atoms with Gasteiger partial charge >= 0.3 is 5.97 Å². The van der Waals surface area contributed by atoms with Crippen LogP contribution in [0, 0.1) is 6.92 Å². The highest BCUT2D eigenvalue weighted by Gasteiger charge is 2.14. The van der Waals surface area contributed by atoms with Gasteiger partial charge in [-0.3, -0.25) is 4.79 Å². The summed E-state index contributed by atoms with van der Waals surface area (Å²) in [6.07, 6.45) is 4.14. The number of nitrogens with zero attached hydrogens (tertiary/aromatic N) is 2. The van der Waals surface area contributed by atoms with Crippen LogP contribution in [0.1, 0.15) is 11.4 Å². The summed E-state index contributed by atoms with van der Waals surface area (Å²) in [5.41, 5.74) is 7.76. The Kier molecular flexibility index (Phi) is 3.97. The van der Waals surface area contributed by atoms with E-state index in [0.29, 0.717) is 6.42 Å². The first-order valence-electron chi connectivity index (χ1n) is 6.04. The molecule has 0 aliphatic carbocycles. The van der Waals surface area contributed by atoms with Crippen molar-refractivity contribution in [3.8, 4) is 5.69 Å². The molecule has 0 radical (unpaired) electrons. The minimum absolute atomic E-state index is 0.394. The minimum Gasteiger partial charge on any atom is -0.468 e. The SMILES string of the molecule is COC(=O)C(N)Cc1ccc(-n2ccnc2C)cc1. The predicted octanol–water partition coefficient (Wildman–Crippen LogP) is 1.22. The zero-order valence-corrected chi connectivity index (χ0v) is 11.0. The molecule has 0 fully saturated rings. The van der Waals surface area contributed by atoms with Crippen LogP contribution in [0.4, 0.5) is 0 Å². The maximum absolute atomic E-state index is 11.3. The summed E-state index contributed by atoms with van der Waals surface area (Å²) in [4.78, 5) is 15.4. The lowest BCUT2D eigenvalue weighted by Gasteiger charge is -2.10. The molecule has 19 heavy (non-hydrogen) atoms. The summed E-state index contributed by atoms with van der Waals surface area (Å²) >= 11 is 0. The molecule has 0 saturated carbocycles. The summed E-state index contributed by atoms with van der Waals surface area (Å²) < 4.78 is 6.60. The maximum Gasteiger partial charge on any atom is 0.322 e. The molecule has 2 N–H and O–H groups in total. The fraction of sp³-hybridized carbons (Fsp3) is 0.286. The molecular weight excluding hydrogens is 242 g/mol. The molecule has 0 spiro atoms. The molecule has 2 rings (SSSR count). The topological polar surface area (TPSA) is 70.1 Å². The lowest BCUT2D eigenvalue weighted by molar-refractivity contribution is -0.142. The summed E-state index contributed by atoms with van der Waals surface area (Å²) in [6.45, 7) is 1.95. The van der Waals surface area contributed by atoms with E-state index < -0.39 is 12.0 Å². The van der Waals surface area contributed by atoms with Gasteiger partial charge in [-0.2, -0.15) is 0 Å². The van der Waals surface area contributed by atoms with E-state index in [1.54, 1.807) is 6.20 Å². The number of ether oxygens (including phenoxy) is 1. The van der Waals surface area contributed by atoms with Gasteiger partial charge in [-0.1, -0.05) is 12.1 Å². The number of carbonyl (C=O) groups excluding carboxylic acids is 1. The highest BCUT2D eigenvalue weighted by molar-refractivity contribution is 5.75. The van der Waals surface area contributed by atoms with E-state index in [1.165, 1.54) is 7.11 Å². The molecular formula is C14H17N3O2. The average molecular weight is 259 g/mol. The summed E-state index contributed by atoms with van der Waals surface area (Å²) in [6, 6.07) is 7.25. The first-order chi connectivity index (χ1) is 9.11. The van der Waals surface area contributed by atoms with E-state index in [4.69, 9.17) is 5.73 Å². The van der Waals surface area contributed by atoms with Crippen molar-refractivity contribution < 1.29 is 9.53 Å². The Labute approximate surface area is 112 Å². The zero-order valence-electron chi connectivity index (χ0n) is 11.0. The van der Waals surface area contributed by atoms with Gasteiger partial charge in [0, 0.05) is 18.1 Å². The fourth-order valence-electron chi connectivity index (χ4n) is 1.93. The van der Waals surface area contributed by atoms with Gasteiger partial charge in [-0.15, -0.1) is 0 Å². The monoisotopic (exact) mass is 259 g/mol. The highest BCUT2D eigenvalue weighted by Crippen LogP contribution is 2.12. The van der Waals surface area contributed by atoms with Gasteiger partial charge in [0.25, 0.3) is 0 Å². The zero-order chi connectivity index (χ0) is 13.8. The molecule has 2 aromatic rings. The number of benzene rings is 1. The van der Waals surface area contributed by atoms with Gasteiger partial charge in [0.2, 0.25) is 0 Å². The third-order valence-corrected chi connectivity index (χ3v) is 3.00. The smallest absolute Gasteiger partial charge is 0.322 e. The van der Waals surface area contributed by atoms with Crippen molar-refractivity contribution in [1.82, 2.24) is 9.55 Å². The second kappa shape index (κ2) is 5.67. The van der Waals surface area contributed by atoms with Crippen LogP contribution < -0.4 is 5.73 Å². The Bertz CT molecular complexity index is 560. The number of aromatic nitrogens is 2. The predicted molar refractivity (Wildman–Crippen MR) is 72.0 cm³/mol. The van der Waals surface area contributed by atoms with Crippen LogP contribution in [0.15, 0.2) is 36.7 Å². The summed E-state index contributed by atoms with van der Waals surface area (Å²) in [7, 11) is 1.34. The van der Waals surface area contributed by atoms with Crippen molar-refractivity contribution in [2.24, 2.45) is 5.73 Å². The Morgan fingerprint density at radius 3 is 2.63 bits per heavy atom. The lowest BCUT2D eigenvalue weighted by Crippen LogP contribution is -2.33. The minimum atomic E-state index is -0.620. The maximum atomic E-state index is 11.3. The molecule has 0 amide bonds. The van der Waals surface area contributed by atoms with E-state index in [1.807, 2.05) is 42.0 Å². The van der Waals surface area contributed by atoms with Crippen LogP contribution >= 0.6 is 0 Å². The van der Waals surface area contributed by atoms with E-state index in [0.717, 1.165) is 17.1 Å². The molecule has 1 aromatic carbocycles. The first kappa shape index (κ1) is 13.3. The third-order valence-electron chi connectivity index (χ3n) is 3.00. The number of aryl methyl sites for hydroxylation is 1. The standard InChI is InChI=1S/C14H17N3O2/c1-10-16-7-8-17(10)12-5-3-11(4-6-12)9-13(15)14(18)19-2/h3-8,13H,9,15H2,1-2H3. The number of nitrogens with two attached hydrogens (primary N) is 1. The molecule has 0 saturated heterocycles. The second-order valence-electron chi connectivity index (χ2n) is 4.34. The van der Waals surface area contributed by atoms with Gasteiger partial charge in [0.05, 0.1) is 7.11 Å². The first-order valence-corrected chi connectivity index (χ1v) is 6.04. The Balaban J connectivity index is 2.11. The van der Waals surface area contributed by atoms with E-state index in [2.05, 4.69) is 9.72 Å². The Morgan fingerprint density at radius 1 is 1.42 bits per heavy atom. The van der Waals surface area contributed by atoms with Gasteiger partial charge in [-0.25, -0.2) is 4.98 Å². The van der Waals surface area contributed by atoms with Gasteiger partial charge < -0.3 is 15.0 Å². The molecule has 0 bridgehead atoms. The largest absolute Gasteiger partial charge is 0.468 e. The van der Waals surface area contributed by atoms with Crippen molar-refractivity contribution in [3.63, 3.8) is 0 Å². The van der Waals surface area contributed by atoms with Crippen molar-refractivity contribution in [2.75, 3.05) is 7.11 Å². The number of rotatable bonds is 4. The van der Waals surface area contributed by atoms with Gasteiger partial charge in [0.15, 0.2) is 0 Å². The number of hydrogen-bond donors (Lipinski definition) is 1. The number of imidazole rings is 1. The van der Waals surface area contributed by atoms with Crippen LogP contribution in [-0.2, 0) is 16.0 Å². The van der Waals surface area contributed by atoms with E-state index >= 15 is 0 Å². The summed E-state index contributed by atoms with van der Waals surface area (Å²) in [5, 5.41) is 0. The van der Waals surface area contributed by atoms with E-state index in [9.17, 15) is 4.79 Å². The van der Waals surface area contributed by atoms with Crippen LogP contribution in [0.5, 0.6) is 0 Å². The molecule has 1 heterocycles. The third kappa shape index (κ3) is 3.00. The summed E-state index contributed by atoms with van der Waals surface area (Å²) in [5.74, 6) is 0.536. The van der Waals surface area contributed by atoms with Crippen molar-refractivity contribution in [3.05, 3.63) is 48.0 Å². The van der Waals surface area contributed by atoms with Crippen LogP contribution in [-0.4, -0.2) is 28.7 Å². The molecule has 0 aliphatic heterocycles. The van der Waals surface area contributed by atoms with Crippen molar-refractivity contribution in [2.45, 2.75) is 19.4 Å². The second-order valence-corrected chi connectivity index (χ2v) is 4.34. The number of hydrogen-bond acceptors (Lipinski definition) is 4. The Hall–Kier alpha value is -2.14. The highest BCUT2D eigenvalue weighted by atomic mass is 16.5. The van der Waals surface area contributed by atoms with Crippen LogP contribution in [0.2, 0.25) is 0 Å². The Morgan fingerprint density at radius 2 is 2.11 bits per heavy atom. The quantitative estimate of drug-likeness (QED) is 0.838. The molecule has 1 atom stereocenters. The molecule has 5 nitrogen and oxygen atoms in total. The number of carbonyl (C=O) groups is 1. The average Bonchev–Trinajstić information content (AvgIpc) is 2.85. The molecule has 1 unspecified atom stereocenters. The lowest BCUT2D eigenvalue weighted by atomic mass is 10.1.